The molecular weight excluding hydrogens is 262 g/mol. The van der Waals surface area contributed by atoms with E-state index in [0.29, 0.717) is 5.92 Å². The molecule has 0 unspecified atom stereocenters. The average Bonchev–Trinajstić information content (AvgIpc) is 2.50. The first-order chi connectivity index (χ1) is 10.2. The first-order valence-electron chi connectivity index (χ1n) is 7.17. The fourth-order valence-corrected chi connectivity index (χ4v) is 1.66. The Labute approximate surface area is 125 Å². The maximum atomic E-state index is 5.68. The van der Waals surface area contributed by atoms with Crippen LogP contribution >= 0.6 is 0 Å². The number of nitrogens with one attached hydrogen (secondary N) is 1. The molecule has 0 aliphatic heterocycles. The minimum atomic E-state index is 0.661. The highest BCUT2D eigenvalue weighted by atomic mass is 16.5. The maximum absolute atomic E-state index is 5.68. The van der Waals surface area contributed by atoms with E-state index in [2.05, 4.69) is 29.4 Å². The zero-order valence-corrected chi connectivity index (χ0v) is 12.5. The van der Waals surface area contributed by atoms with Crippen LogP contribution in [-0.4, -0.2) is 17.8 Å². The van der Waals surface area contributed by atoms with Gasteiger partial charge in [0.05, 0.1) is 12.8 Å². The summed E-state index contributed by atoms with van der Waals surface area (Å²) in [5.41, 5.74) is 3.89. The number of pyridine rings is 1. The number of aromatic nitrogens is 1. The van der Waals surface area contributed by atoms with Crippen molar-refractivity contribution in [1.29, 1.82) is 0 Å². The van der Waals surface area contributed by atoms with E-state index >= 15 is 0 Å². The summed E-state index contributed by atoms with van der Waals surface area (Å²) in [5.74, 6) is 2.28. The summed E-state index contributed by atoms with van der Waals surface area (Å²) in [4.78, 5) is 4.13. The quantitative estimate of drug-likeness (QED) is 0.618. The summed E-state index contributed by atoms with van der Waals surface area (Å²) >= 11 is 0. The van der Waals surface area contributed by atoms with Crippen molar-refractivity contribution in [3.8, 4) is 5.75 Å². The van der Waals surface area contributed by atoms with Gasteiger partial charge in [-0.1, -0.05) is 19.9 Å². The fraction of sp³-hybridized carbons (Fsp3) is 0.294. The highest BCUT2D eigenvalue weighted by Crippen LogP contribution is 2.12. The second-order valence-corrected chi connectivity index (χ2v) is 5.18. The molecule has 1 heterocycles. The van der Waals surface area contributed by atoms with Crippen molar-refractivity contribution in [2.24, 2.45) is 11.0 Å². The normalized spacial score (nSPS) is 11.0. The summed E-state index contributed by atoms with van der Waals surface area (Å²) in [7, 11) is 0. The summed E-state index contributed by atoms with van der Waals surface area (Å²) in [6.45, 7) is 5.14. The maximum Gasteiger partial charge on any atom is 0.146 e. The van der Waals surface area contributed by atoms with Crippen LogP contribution in [0.15, 0.2) is 53.8 Å². The molecule has 0 aliphatic rings. The van der Waals surface area contributed by atoms with Crippen molar-refractivity contribution >= 4 is 12.0 Å². The molecule has 0 saturated heterocycles. The molecule has 0 saturated carbocycles. The molecule has 1 aromatic carbocycles. The SMILES string of the molecule is CC(C)CCOc1ccc(C=NNc2ccccn2)cc1. The van der Waals surface area contributed by atoms with Gasteiger partial charge in [0.15, 0.2) is 0 Å². The number of ether oxygens (including phenoxy) is 1. The first kappa shape index (κ1) is 15.0. The van der Waals surface area contributed by atoms with Gasteiger partial charge in [-0.3, -0.25) is 5.43 Å². The predicted molar refractivity (Wildman–Crippen MR) is 86.8 cm³/mol. The minimum absolute atomic E-state index is 0.661. The van der Waals surface area contributed by atoms with E-state index < -0.39 is 0 Å². The van der Waals surface area contributed by atoms with Gasteiger partial charge < -0.3 is 4.74 Å². The Kier molecular flexibility index (Phi) is 5.76. The third kappa shape index (κ3) is 5.65. The number of hydrogen-bond acceptors (Lipinski definition) is 4. The van der Waals surface area contributed by atoms with Crippen LogP contribution in [0.25, 0.3) is 0 Å². The Morgan fingerprint density at radius 3 is 2.67 bits per heavy atom. The third-order valence-electron chi connectivity index (χ3n) is 2.90. The second kappa shape index (κ2) is 8.04. The Morgan fingerprint density at radius 1 is 1.19 bits per heavy atom. The van der Waals surface area contributed by atoms with Gasteiger partial charge in [0.25, 0.3) is 0 Å². The molecule has 21 heavy (non-hydrogen) atoms. The van der Waals surface area contributed by atoms with E-state index in [9.17, 15) is 0 Å². The van der Waals surface area contributed by atoms with Crippen LogP contribution in [0.2, 0.25) is 0 Å². The minimum Gasteiger partial charge on any atom is -0.494 e. The first-order valence-corrected chi connectivity index (χ1v) is 7.17. The number of hydrogen-bond donors (Lipinski definition) is 1. The van der Waals surface area contributed by atoms with Crippen molar-refractivity contribution < 1.29 is 4.74 Å². The Bertz CT molecular complexity index is 550. The smallest absolute Gasteiger partial charge is 0.146 e. The predicted octanol–water partition coefficient (Wildman–Crippen LogP) is 3.95. The lowest BCUT2D eigenvalue weighted by atomic mass is 10.1. The molecule has 0 atom stereocenters. The summed E-state index contributed by atoms with van der Waals surface area (Å²) in [6.07, 6.45) is 4.55. The zero-order chi connectivity index (χ0) is 14.9. The molecule has 0 fully saturated rings. The highest BCUT2D eigenvalue weighted by molar-refractivity contribution is 5.80. The molecule has 0 bridgehead atoms. The van der Waals surface area contributed by atoms with Crippen molar-refractivity contribution in [2.75, 3.05) is 12.0 Å². The van der Waals surface area contributed by atoms with Crippen molar-refractivity contribution in [3.05, 3.63) is 54.2 Å². The zero-order valence-electron chi connectivity index (χ0n) is 12.5. The number of benzene rings is 1. The Hall–Kier alpha value is -2.36. The molecule has 0 aliphatic carbocycles. The van der Waals surface area contributed by atoms with Crippen LogP contribution in [0.1, 0.15) is 25.8 Å². The molecule has 0 amide bonds. The van der Waals surface area contributed by atoms with E-state index in [1.165, 1.54) is 0 Å². The van der Waals surface area contributed by atoms with Gasteiger partial charge in [0, 0.05) is 6.20 Å². The highest BCUT2D eigenvalue weighted by Gasteiger charge is 1.97. The molecule has 4 nitrogen and oxygen atoms in total. The lowest BCUT2D eigenvalue weighted by Gasteiger charge is -2.07. The van der Waals surface area contributed by atoms with Crippen LogP contribution < -0.4 is 10.2 Å². The topological polar surface area (TPSA) is 46.5 Å². The van der Waals surface area contributed by atoms with Gasteiger partial charge >= 0.3 is 0 Å². The van der Waals surface area contributed by atoms with Crippen molar-refractivity contribution in [2.45, 2.75) is 20.3 Å². The van der Waals surface area contributed by atoms with Gasteiger partial charge in [-0.15, -0.1) is 0 Å². The number of rotatable bonds is 7. The van der Waals surface area contributed by atoms with Gasteiger partial charge in [0.2, 0.25) is 0 Å². The van der Waals surface area contributed by atoms with E-state index in [0.717, 1.165) is 30.2 Å². The fourth-order valence-electron chi connectivity index (χ4n) is 1.66. The molecular formula is C17H21N3O. The summed E-state index contributed by atoms with van der Waals surface area (Å²) in [5, 5.41) is 4.15. The molecule has 0 radical (unpaired) electrons. The van der Waals surface area contributed by atoms with E-state index in [4.69, 9.17) is 4.74 Å². The third-order valence-corrected chi connectivity index (χ3v) is 2.90. The Morgan fingerprint density at radius 2 is 2.00 bits per heavy atom. The average molecular weight is 283 g/mol. The van der Waals surface area contributed by atoms with Crippen LogP contribution in [0.3, 0.4) is 0 Å². The number of nitrogens with zero attached hydrogens (tertiary/aromatic N) is 2. The molecule has 2 aromatic rings. The number of hydrazone groups is 1. The summed E-state index contributed by atoms with van der Waals surface area (Å²) < 4.78 is 5.68. The molecule has 110 valence electrons. The largest absolute Gasteiger partial charge is 0.494 e. The molecule has 2 rings (SSSR count). The van der Waals surface area contributed by atoms with Gasteiger partial charge in [-0.25, -0.2) is 4.98 Å². The van der Waals surface area contributed by atoms with Crippen LogP contribution in [-0.2, 0) is 0 Å². The monoisotopic (exact) mass is 283 g/mol. The van der Waals surface area contributed by atoms with Crippen molar-refractivity contribution in [1.82, 2.24) is 4.98 Å². The van der Waals surface area contributed by atoms with Gasteiger partial charge in [-0.2, -0.15) is 5.10 Å². The van der Waals surface area contributed by atoms with Crippen LogP contribution in [0.4, 0.5) is 5.82 Å². The second-order valence-electron chi connectivity index (χ2n) is 5.18. The van der Waals surface area contributed by atoms with Crippen LogP contribution in [0.5, 0.6) is 5.75 Å². The van der Waals surface area contributed by atoms with Crippen molar-refractivity contribution in [3.63, 3.8) is 0 Å². The van der Waals surface area contributed by atoms with Gasteiger partial charge in [0.1, 0.15) is 11.6 Å². The van der Waals surface area contributed by atoms with Gasteiger partial charge in [-0.05, 0) is 54.3 Å². The summed E-state index contributed by atoms with van der Waals surface area (Å²) in [6, 6.07) is 13.5. The molecule has 4 heteroatoms. The lowest BCUT2D eigenvalue weighted by Crippen LogP contribution is -2.01. The standard InChI is InChI=1S/C17H21N3O/c1-14(2)10-12-21-16-8-6-15(7-9-16)13-19-20-17-5-3-4-11-18-17/h3-9,11,13-14H,10,12H2,1-2H3,(H,18,20). The van der Waals surface area contributed by atoms with E-state index in [-0.39, 0.29) is 0 Å². The van der Waals surface area contributed by atoms with Crippen LogP contribution in [0, 0.1) is 5.92 Å². The molecule has 1 aromatic heterocycles. The van der Waals surface area contributed by atoms with E-state index in [1.54, 1.807) is 12.4 Å². The molecule has 1 N–H and O–H groups in total. The van der Waals surface area contributed by atoms with E-state index in [1.807, 2.05) is 42.5 Å². The Balaban J connectivity index is 1.82. The number of anilines is 1. The lowest BCUT2D eigenvalue weighted by molar-refractivity contribution is 0.289. The molecule has 0 spiro atoms.